The minimum Gasteiger partial charge on any atom is -0.356 e. The van der Waals surface area contributed by atoms with Crippen molar-refractivity contribution in [2.75, 3.05) is 18.0 Å². The molecule has 0 amide bonds. The van der Waals surface area contributed by atoms with Crippen LogP contribution in [0.3, 0.4) is 0 Å². The van der Waals surface area contributed by atoms with Gasteiger partial charge in [-0.1, -0.05) is 6.92 Å². The highest BCUT2D eigenvalue weighted by Gasteiger charge is 2.27. The maximum absolute atomic E-state index is 14.6. The molecule has 0 bridgehead atoms. The molecule has 0 aliphatic carbocycles. The van der Waals surface area contributed by atoms with Gasteiger partial charge in [0.05, 0.1) is 23.0 Å². The Morgan fingerprint density at radius 1 is 1.04 bits per heavy atom. The summed E-state index contributed by atoms with van der Waals surface area (Å²) < 4.78 is 44.1. The van der Waals surface area contributed by atoms with Gasteiger partial charge in [0.1, 0.15) is 23.3 Å². The van der Waals surface area contributed by atoms with E-state index in [1.54, 1.807) is 23.7 Å². The monoisotopic (exact) mass is 360 g/mol. The van der Waals surface area contributed by atoms with E-state index in [1.807, 2.05) is 0 Å². The zero-order valence-corrected chi connectivity index (χ0v) is 14.6. The summed E-state index contributed by atoms with van der Waals surface area (Å²) in [4.78, 5) is 6.52. The number of rotatable bonds is 2. The molecule has 0 atom stereocenters. The van der Waals surface area contributed by atoms with Crippen LogP contribution >= 0.6 is 0 Å². The molecule has 0 spiro atoms. The van der Waals surface area contributed by atoms with Crippen LogP contribution < -0.4 is 4.90 Å². The summed E-state index contributed by atoms with van der Waals surface area (Å²) in [6.45, 7) is 5.42. The van der Waals surface area contributed by atoms with Crippen LogP contribution in [0.1, 0.15) is 25.5 Å². The highest BCUT2D eigenvalue weighted by Crippen LogP contribution is 2.38. The van der Waals surface area contributed by atoms with E-state index >= 15 is 0 Å². The Labute approximate surface area is 149 Å². The number of anilines is 1. The van der Waals surface area contributed by atoms with Crippen LogP contribution in [0.15, 0.2) is 24.4 Å². The minimum absolute atomic E-state index is 0.262. The highest BCUT2D eigenvalue weighted by atomic mass is 19.1. The summed E-state index contributed by atoms with van der Waals surface area (Å²) >= 11 is 0. The second-order valence-electron chi connectivity index (χ2n) is 6.91. The topological polar surface area (TPSA) is 33.4 Å². The lowest BCUT2D eigenvalue weighted by molar-refractivity contribution is 0.435. The van der Waals surface area contributed by atoms with Gasteiger partial charge in [-0.05, 0) is 25.7 Å². The number of nitrogens with zero attached hydrogens (tertiary/aromatic N) is 4. The fourth-order valence-electron chi connectivity index (χ4n) is 3.63. The predicted molar refractivity (Wildman–Crippen MR) is 93.6 cm³/mol. The molecule has 0 saturated carbocycles. The summed E-state index contributed by atoms with van der Waals surface area (Å²) in [5.74, 6) is -1.61. The molecule has 1 aliphatic rings. The van der Waals surface area contributed by atoms with Crippen molar-refractivity contribution in [1.29, 1.82) is 0 Å². The maximum atomic E-state index is 14.6. The zero-order valence-electron chi connectivity index (χ0n) is 14.6. The van der Waals surface area contributed by atoms with Gasteiger partial charge in [0.15, 0.2) is 5.65 Å². The number of fused-ring (bicyclic) bond motifs is 1. The Bertz CT molecular complexity index is 951. The SMILES string of the molecule is Cc1nc2ccnn2c(N2CCC(C)CC2)c1-c1c(F)cc(F)cc1F. The zero-order chi connectivity index (χ0) is 18.4. The van der Waals surface area contributed by atoms with Crippen LogP contribution in [0.4, 0.5) is 19.0 Å². The molecule has 1 aliphatic heterocycles. The smallest absolute Gasteiger partial charge is 0.157 e. The van der Waals surface area contributed by atoms with Crippen LogP contribution in [0.2, 0.25) is 0 Å². The minimum atomic E-state index is -0.942. The molecule has 4 rings (SSSR count). The second kappa shape index (κ2) is 6.30. The lowest BCUT2D eigenvalue weighted by atomic mass is 9.97. The van der Waals surface area contributed by atoms with E-state index in [0.717, 1.165) is 25.9 Å². The summed E-state index contributed by atoms with van der Waals surface area (Å²) in [5, 5.41) is 4.31. The average molecular weight is 360 g/mol. The van der Waals surface area contributed by atoms with Gasteiger partial charge in [-0.2, -0.15) is 9.61 Å². The van der Waals surface area contributed by atoms with Gasteiger partial charge in [-0.3, -0.25) is 0 Å². The van der Waals surface area contributed by atoms with Crippen molar-refractivity contribution in [1.82, 2.24) is 14.6 Å². The normalized spacial score (nSPS) is 15.8. The molecule has 7 heteroatoms. The molecular weight excluding hydrogens is 341 g/mol. The van der Waals surface area contributed by atoms with Crippen molar-refractivity contribution in [3.8, 4) is 11.1 Å². The summed E-state index contributed by atoms with van der Waals surface area (Å²) in [7, 11) is 0. The fourth-order valence-corrected chi connectivity index (χ4v) is 3.63. The average Bonchev–Trinajstić information content (AvgIpc) is 3.03. The molecule has 4 nitrogen and oxygen atoms in total. The molecular formula is C19H19F3N4. The quantitative estimate of drug-likeness (QED) is 0.681. The standard InChI is InChI=1S/C19H19F3N4/c1-11-4-7-25(8-5-11)19-17(12(2)24-16-3-6-23-26(16)19)18-14(21)9-13(20)10-15(18)22/h3,6,9-11H,4-5,7-8H2,1-2H3. The van der Waals surface area contributed by atoms with Gasteiger partial charge in [-0.15, -0.1) is 0 Å². The van der Waals surface area contributed by atoms with E-state index in [0.29, 0.717) is 40.8 Å². The molecule has 1 saturated heterocycles. The van der Waals surface area contributed by atoms with Gasteiger partial charge >= 0.3 is 0 Å². The van der Waals surface area contributed by atoms with Crippen molar-refractivity contribution in [3.05, 3.63) is 47.5 Å². The van der Waals surface area contributed by atoms with E-state index in [2.05, 4.69) is 21.9 Å². The number of hydrogen-bond acceptors (Lipinski definition) is 3. The molecule has 2 aromatic heterocycles. The first kappa shape index (κ1) is 16.9. The lowest BCUT2D eigenvalue weighted by Crippen LogP contribution is -2.35. The van der Waals surface area contributed by atoms with E-state index < -0.39 is 17.5 Å². The first-order chi connectivity index (χ1) is 12.5. The molecule has 0 radical (unpaired) electrons. The van der Waals surface area contributed by atoms with Gasteiger partial charge in [-0.25, -0.2) is 18.2 Å². The van der Waals surface area contributed by atoms with Crippen molar-refractivity contribution in [2.45, 2.75) is 26.7 Å². The Morgan fingerprint density at radius 3 is 2.35 bits per heavy atom. The molecule has 26 heavy (non-hydrogen) atoms. The van der Waals surface area contributed by atoms with E-state index in [4.69, 9.17) is 0 Å². The summed E-state index contributed by atoms with van der Waals surface area (Å²) in [6.07, 6.45) is 3.58. The van der Waals surface area contributed by atoms with E-state index in [9.17, 15) is 13.2 Å². The third-order valence-electron chi connectivity index (χ3n) is 5.03. The van der Waals surface area contributed by atoms with Gasteiger partial charge < -0.3 is 4.90 Å². The number of benzene rings is 1. The number of hydrogen-bond donors (Lipinski definition) is 0. The molecule has 1 fully saturated rings. The molecule has 0 N–H and O–H groups in total. The van der Waals surface area contributed by atoms with Crippen molar-refractivity contribution < 1.29 is 13.2 Å². The van der Waals surface area contributed by atoms with Crippen LogP contribution in [-0.2, 0) is 0 Å². The van der Waals surface area contributed by atoms with Gasteiger partial charge in [0.25, 0.3) is 0 Å². The lowest BCUT2D eigenvalue weighted by Gasteiger charge is -2.34. The van der Waals surface area contributed by atoms with Crippen LogP contribution in [0.25, 0.3) is 16.8 Å². The van der Waals surface area contributed by atoms with E-state index in [-0.39, 0.29) is 5.56 Å². The van der Waals surface area contributed by atoms with Gasteiger partial charge in [0, 0.05) is 31.3 Å². The van der Waals surface area contributed by atoms with Crippen LogP contribution in [0, 0.1) is 30.3 Å². The van der Waals surface area contributed by atoms with Crippen LogP contribution in [-0.4, -0.2) is 27.7 Å². The Hall–Kier alpha value is -2.57. The number of aromatic nitrogens is 3. The molecule has 1 aromatic carbocycles. The Morgan fingerprint density at radius 2 is 1.69 bits per heavy atom. The third kappa shape index (κ3) is 2.71. The van der Waals surface area contributed by atoms with Crippen molar-refractivity contribution >= 4 is 11.5 Å². The molecule has 136 valence electrons. The Balaban J connectivity index is 2.00. The van der Waals surface area contributed by atoms with Crippen LogP contribution in [0.5, 0.6) is 0 Å². The first-order valence-electron chi connectivity index (χ1n) is 8.70. The number of aryl methyl sites for hydroxylation is 1. The fraction of sp³-hybridized carbons (Fsp3) is 0.368. The molecule has 3 heterocycles. The summed E-state index contributed by atoms with van der Waals surface area (Å²) in [5.41, 5.74) is 1.16. The number of piperidine rings is 1. The second-order valence-corrected chi connectivity index (χ2v) is 6.91. The summed E-state index contributed by atoms with van der Waals surface area (Å²) in [6, 6.07) is 3.16. The molecule has 0 unspecified atom stereocenters. The largest absolute Gasteiger partial charge is 0.356 e. The van der Waals surface area contributed by atoms with Gasteiger partial charge in [0.2, 0.25) is 0 Å². The first-order valence-corrected chi connectivity index (χ1v) is 8.70. The molecule has 3 aromatic rings. The van der Waals surface area contributed by atoms with Crippen molar-refractivity contribution in [3.63, 3.8) is 0 Å². The maximum Gasteiger partial charge on any atom is 0.157 e. The van der Waals surface area contributed by atoms with E-state index in [1.165, 1.54) is 0 Å². The predicted octanol–water partition coefficient (Wildman–Crippen LogP) is 4.36. The van der Waals surface area contributed by atoms with Crippen molar-refractivity contribution in [2.24, 2.45) is 5.92 Å². The number of halogens is 3. The highest BCUT2D eigenvalue weighted by molar-refractivity contribution is 5.80. The third-order valence-corrected chi connectivity index (χ3v) is 5.03. The Kier molecular flexibility index (Phi) is 4.09.